The zero-order valence-electron chi connectivity index (χ0n) is 7.71. The molecule has 1 N–H and O–H groups in total. The third kappa shape index (κ3) is 2.43. The van der Waals surface area contributed by atoms with Crippen LogP contribution in [-0.4, -0.2) is 4.57 Å². The Kier molecular flexibility index (Phi) is 3.14. The highest BCUT2D eigenvalue weighted by Crippen LogP contribution is 2.22. The normalized spacial score (nSPS) is 10.5. The van der Waals surface area contributed by atoms with E-state index in [1.54, 1.807) is 6.07 Å². The van der Waals surface area contributed by atoms with Crippen LogP contribution in [0, 0.1) is 5.41 Å². The van der Waals surface area contributed by atoms with Crippen LogP contribution in [0.15, 0.2) is 29.8 Å². The predicted molar refractivity (Wildman–Crippen MR) is 63.7 cm³/mol. The van der Waals surface area contributed by atoms with Gasteiger partial charge >= 0.3 is 0 Å². The fourth-order valence-electron chi connectivity index (χ4n) is 1.26. The summed E-state index contributed by atoms with van der Waals surface area (Å²) in [6.45, 7) is 0.652. The van der Waals surface area contributed by atoms with E-state index in [2.05, 4.69) is 0 Å². The second-order valence-electron chi connectivity index (χ2n) is 3.08. The molecule has 0 saturated carbocycles. The van der Waals surface area contributed by atoms with E-state index in [0.29, 0.717) is 21.4 Å². The van der Waals surface area contributed by atoms with Crippen LogP contribution >= 0.6 is 34.5 Å². The zero-order chi connectivity index (χ0) is 10.8. The lowest BCUT2D eigenvalue weighted by Crippen LogP contribution is -2.12. The highest BCUT2D eigenvalue weighted by molar-refractivity contribution is 7.06. The topological polar surface area (TPSA) is 28.8 Å². The smallest absolute Gasteiger partial charge is 0.182 e. The Morgan fingerprint density at radius 1 is 1.27 bits per heavy atom. The zero-order valence-corrected chi connectivity index (χ0v) is 10.0. The van der Waals surface area contributed by atoms with Crippen molar-refractivity contribution in [1.29, 1.82) is 5.41 Å². The number of nitrogens with one attached hydrogen (secondary N) is 1. The molecule has 0 aliphatic rings. The van der Waals surface area contributed by atoms with Crippen LogP contribution < -0.4 is 4.80 Å². The second-order valence-corrected chi connectivity index (χ2v) is 4.79. The summed E-state index contributed by atoms with van der Waals surface area (Å²) < 4.78 is 1.85. The molecule has 1 aromatic carbocycles. The average Bonchev–Trinajstić information content (AvgIpc) is 2.59. The molecule has 1 aromatic heterocycles. The molecule has 0 radical (unpaired) electrons. The molecule has 2 nitrogen and oxygen atoms in total. The lowest BCUT2D eigenvalue weighted by Gasteiger charge is -2.04. The van der Waals surface area contributed by atoms with E-state index >= 15 is 0 Å². The molecule has 0 atom stereocenters. The third-order valence-corrected chi connectivity index (χ3v) is 3.47. The Balaban J connectivity index is 2.29. The molecule has 0 aliphatic heterocycles. The van der Waals surface area contributed by atoms with E-state index in [9.17, 15) is 0 Å². The van der Waals surface area contributed by atoms with Crippen molar-refractivity contribution in [3.05, 3.63) is 50.2 Å². The van der Waals surface area contributed by atoms with Gasteiger partial charge < -0.3 is 4.57 Å². The molecule has 0 unspecified atom stereocenters. The molecule has 0 spiro atoms. The molecule has 2 aromatic rings. The van der Waals surface area contributed by atoms with Gasteiger partial charge in [-0.1, -0.05) is 29.3 Å². The molecule has 0 saturated heterocycles. The van der Waals surface area contributed by atoms with Crippen molar-refractivity contribution in [2.75, 3.05) is 0 Å². The monoisotopic (exact) mass is 258 g/mol. The summed E-state index contributed by atoms with van der Waals surface area (Å²) in [6, 6.07) is 5.52. The minimum absolute atomic E-state index is 0.529. The van der Waals surface area contributed by atoms with E-state index in [1.807, 2.05) is 28.3 Å². The maximum absolute atomic E-state index is 7.62. The number of hydrogen-bond donors (Lipinski definition) is 1. The van der Waals surface area contributed by atoms with Crippen molar-refractivity contribution in [3.8, 4) is 0 Å². The summed E-state index contributed by atoms with van der Waals surface area (Å²) >= 11 is 13.1. The minimum atomic E-state index is 0.529. The Hall–Kier alpha value is -0.770. The first-order valence-electron chi connectivity index (χ1n) is 4.29. The number of halogens is 2. The Morgan fingerprint density at radius 3 is 2.67 bits per heavy atom. The van der Waals surface area contributed by atoms with Crippen molar-refractivity contribution in [1.82, 2.24) is 4.57 Å². The molecule has 1 heterocycles. The maximum atomic E-state index is 7.62. The van der Waals surface area contributed by atoms with Gasteiger partial charge in [0.05, 0.1) is 10.0 Å². The first-order valence-corrected chi connectivity index (χ1v) is 5.93. The summed E-state index contributed by atoms with van der Waals surface area (Å²) in [5, 5.41) is 10.6. The van der Waals surface area contributed by atoms with Crippen molar-refractivity contribution >= 4 is 34.5 Å². The number of benzene rings is 1. The first-order chi connectivity index (χ1) is 7.16. The number of aromatic nitrogens is 1. The first kappa shape index (κ1) is 10.7. The van der Waals surface area contributed by atoms with Gasteiger partial charge in [-0.2, -0.15) is 0 Å². The number of hydrogen-bond acceptors (Lipinski definition) is 2. The van der Waals surface area contributed by atoms with E-state index in [4.69, 9.17) is 28.6 Å². The quantitative estimate of drug-likeness (QED) is 0.856. The van der Waals surface area contributed by atoms with Gasteiger partial charge in [0.2, 0.25) is 0 Å². The molecule has 5 heteroatoms. The summed E-state index contributed by atoms with van der Waals surface area (Å²) in [4.78, 5) is 0.529. The highest BCUT2D eigenvalue weighted by atomic mass is 35.5. The van der Waals surface area contributed by atoms with E-state index in [-0.39, 0.29) is 0 Å². The lowest BCUT2D eigenvalue weighted by atomic mass is 10.2. The molecule has 0 aliphatic carbocycles. The molecule has 15 heavy (non-hydrogen) atoms. The van der Waals surface area contributed by atoms with E-state index < -0.39 is 0 Å². The van der Waals surface area contributed by atoms with Crippen LogP contribution in [0.25, 0.3) is 0 Å². The van der Waals surface area contributed by atoms with Crippen LogP contribution in [0.3, 0.4) is 0 Å². The van der Waals surface area contributed by atoms with Crippen LogP contribution in [0.1, 0.15) is 5.56 Å². The van der Waals surface area contributed by atoms with Crippen LogP contribution in [-0.2, 0) is 6.54 Å². The van der Waals surface area contributed by atoms with Gasteiger partial charge in [-0.05, 0) is 17.7 Å². The number of nitrogens with zero attached hydrogens (tertiary/aromatic N) is 1. The van der Waals surface area contributed by atoms with E-state index in [1.165, 1.54) is 11.3 Å². The number of rotatable bonds is 2. The largest absolute Gasteiger partial charge is 0.320 e. The molecule has 0 bridgehead atoms. The molecular formula is C10H8Cl2N2S. The standard InChI is InChI=1S/C10H8Cl2N2S/c11-8-2-1-7(5-9(8)12)6-14-3-4-15-10(14)13/h1-5,13H,6H2. The lowest BCUT2D eigenvalue weighted by molar-refractivity contribution is 0.760. The predicted octanol–water partition coefficient (Wildman–Crippen LogP) is 3.38. The Morgan fingerprint density at radius 2 is 2.07 bits per heavy atom. The fourth-order valence-corrected chi connectivity index (χ4v) is 2.18. The fraction of sp³-hybridized carbons (Fsp3) is 0.100. The SMILES string of the molecule is N=c1sccn1Cc1ccc(Cl)c(Cl)c1. The summed E-state index contributed by atoms with van der Waals surface area (Å²) in [5.74, 6) is 0. The Bertz CT molecular complexity index is 530. The van der Waals surface area contributed by atoms with Crippen molar-refractivity contribution < 1.29 is 0 Å². The second kappa shape index (κ2) is 4.39. The third-order valence-electron chi connectivity index (χ3n) is 2.02. The maximum Gasteiger partial charge on any atom is 0.182 e. The van der Waals surface area contributed by atoms with Crippen LogP contribution in [0.2, 0.25) is 10.0 Å². The minimum Gasteiger partial charge on any atom is -0.320 e. The summed E-state index contributed by atoms with van der Waals surface area (Å²) in [5.41, 5.74) is 1.04. The average molecular weight is 259 g/mol. The van der Waals surface area contributed by atoms with Gasteiger partial charge in [0.1, 0.15) is 0 Å². The molecule has 0 amide bonds. The van der Waals surface area contributed by atoms with Crippen molar-refractivity contribution in [2.45, 2.75) is 6.54 Å². The van der Waals surface area contributed by atoms with Gasteiger partial charge in [0, 0.05) is 18.1 Å². The Labute approximate surface area is 101 Å². The highest BCUT2D eigenvalue weighted by Gasteiger charge is 2.01. The van der Waals surface area contributed by atoms with Crippen LogP contribution in [0.5, 0.6) is 0 Å². The molecule has 0 fully saturated rings. The molecular weight excluding hydrogens is 251 g/mol. The van der Waals surface area contributed by atoms with Crippen molar-refractivity contribution in [3.63, 3.8) is 0 Å². The van der Waals surface area contributed by atoms with Gasteiger partial charge in [-0.15, -0.1) is 11.3 Å². The molecule has 78 valence electrons. The van der Waals surface area contributed by atoms with Gasteiger partial charge in [-0.3, -0.25) is 5.41 Å². The summed E-state index contributed by atoms with van der Waals surface area (Å²) in [6.07, 6.45) is 1.88. The van der Waals surface area contributed by atoms with Crippen molar-refractivity contribution in [2.24, 2.45) is 0 Å². The van der Waals surface area contributed by atoms with E-state index in [0.717, 1.165) is 5.56 Å². The number of thiazole rings is 1. The van der Waals surface area contributed by atoms with Crippen LogP contribution in [0.4, 0.5) is 0 Å². The van der Waals surface area contributed by atoms with Gasteiger partial charge in [0.25, 0.3) is 0 Å². The summed E-state index contributed by atoms with van der Waals surface area (Å²) in [7, 11) is 0. The van der Waals surface area contributed by atoms with Gasteiger partial charge in [-0.25, -0.2) is 0 Å². The van der Waals surface area contributed by atoms with Gasteiger partial charge in [0.15, 0.2) is 4.80 Å². The molecule has 2 rings (SSSR count).